The van der Waals surface area contributed by atoms with Crippen molar-refractivity contribution in [1.29, 1.82) is 0 Å². The first-order chi connectivity index (χ1) is 14.4. The minimum absolute atomic E-state index is 0.0300. The molecule has 0 radical (unpaired) electrons. The number of rotatable bonds is 7. The zero-order valence-electron chi connectivity index (χ0n) is 17.8. The van der Waals surface area contributed by atoms with Crippen LogP contribution >= 0.6 is 0 Å². The lowest BCUT2D eigenvalue weighted by Gasteiger charge is -2.15. The van der Waals surface area contributed by atoms with Crippen molar-refractivity contribution in [3.63, 3.8) is 0 Å². The Balaban J connectivity index is 1.78. The van der Waals surface area contributed by atoms with E-state index in [0.717, 1.165) is 36.3 Å². The molecule has 0 aliphatic carbocycles. The Hall–Kier alpha value is -3.12. The van der Waals surface area contributed by atoms with E-state index in [2.05, 4.69) is 10.6 Å². The highest BCUT2D eigenvalue weighted by molar-refractivity contribution is 6.05. The topological polar surface area (TPSA) is 70.7 Å². The van der Waals surface area contributed by atoms with Gasteiger partial charge in [-0.1, -0.05) is 29.8 Å². The molecule has 1 saturated heterocycles. The summed E-state index contributed by atoms with van der Waals surface area (Å²) in [5.41, 5.74) is 3.66. The third-order valence-corrected chi connectivity index (χ3v) is 5.04. The molecule has 2 N–H and O–H groups in total. The quantitative estimate of drug-likeness (QED) is 0.692. The Morgan fingerprint density at radius 1 is 1.10 bits per heavy atom. The third-order valence-electron chi connectivity index (χ3n) is 5.04. The molecule has 158 valence electrons. The van der Waals surface area contributed by atoms with Gasteiger partial charge in [-0.25, -0.2) is 0 Å². The standard InChI is InChI=1S/C24H29N3O3/c1-17-6-10-19(11-7-17)23(28)26-22(24(29)25-16-21-5-4-14-30-21)15-18-8-12-20(13-9-18)27(2)3/h6-13,15,21H,4-5,14,16H2,1-3H3,(H,25,29)(H,26,28). The molecule has 3 rings (SSSR count). The van der Waals surface area contributed by atoms with E-state index in [1.54, 1.807) is 18.2 Å². The van der Waals surface area contributed by atoms with E-state index in [1.807, 2.05) is 62.3 Å². The maximum Gasteiger partial charge on any atom is 0.267 e. The number of hydrogen-bond acceptors (Lipinski definition) is 4. The van der Waals surface area contributed by atoms with Crippen molar-refractivity contribution in [2.24, 2.45) is 0 Å². The first kappa shape index (κ1) is 21.6. The van der Waals surface area contributed by atoms with Crippen LogP contribution in [-0.2, 0) is 9.53 Å². The van der Waals surface area contributed by atoms with Crippen LogP contribution in [0.15, 0.2) is 54.2 Å². The minimum atomic E-state index is -0.331. The number of carbonyl (C=O) groups is 2. The molecule has 2 aromatic carbocycles. The van der Waals surface area contributed by atoms with Gasteiger partial charge in [-0.15, -0.1) is 0 Å². The number of hydrogen-bond donors (Lipinski definition) is 2. The van der Waals surface area contributed by atoms with Crippen molar-refractivity contribution in [2.75, 3.05) is 32.1 Å². The SMILES string of the molecule is Cc1ccc(C(=O)NC(=Cc2ccc(N(C)C)cc2)C(=O)NCC2CCCO2)cc1. The Bertz CT molecular complexity index is 896. The number of ether oxygens (including phenoxy) is 1. The van der Waals surface area contributed by atoms with Gasteiger partial charge >= 0.3 is 0 Å². The summed E-state index contributed by atoms with van der Waals surface area (Å²) in [4.78, 5) is 27.5. The summed E-state index contributed by atoms with van der Waals surface area (Å²) in [5.74, 6) is -0.652. The van der Waals surface area contributed by atoms with E-state index in [-0.39, 0.29) is 23.6 Å². The summed E-state index contributed by atoms with van der Waals surface area (Å²) in [7, 11) is 3.94. The highest BCUT2D eigenvalue weighted by atomic mass is 16.5. The number of nitrogens with zero attached hydrogens (tertiary/aromatic N) is 1. The van der Waals surface area contributed by atoms with E-state index in [9.17, 15) is 9.59 Å². The largest absolute Gasteiger partial charge is 0.378 e. The number of nitrogens with one attached hydrogen (secondary N) is 2. The lowest BCUT2D eigenvalue weighted by molar-refractivity contribution is -0.118. The summed E-state index contributed by atoms with van der Waals surface area (Å²) in [5, 5.41) is 5.66. The molecule has 1 unspecified atom stereocenters. The maximum absolute atomic E-state index is 12.8. The third kappa shape index (κ3) is 5.94. The van der Waals surface area contributed by atoms with Crippen LogP contribution in [0.5, 0.6) is 0 Å². The van der Waals surface area contributed by atoms with Crippen LogP contribution < -0.4 is 15.5 Å². The molecule has 1 aliphatic rings. The zero-order valence-corrected chi connectivity index (χ0v) is 17.8. The first-order valence-electron chi connectivity index (χ1n) is 10.2. The molecule has 2 aromatic rings. The number of aryl methyl sites for hydroxylation is 1. The van der Waals surface area contributed by atoms with Crippen molar-refractivity contribution in [2.45, 2.75) is 25.9 Å². The van der Waals surface area contributed by atoms with Gasteiger partial charge in [0, 0.05) is 38.5 Å². The Morgan fingerprint density at radius 3 is 2.40 bits per heavy atom. The van der Waals surface area contributed by atoms with E-state index < -0.39 is 0 Å². The predicted molar refractivity (Wildman–Crippen MR) is 119 cm³/mol. The van der Waals surface area contributed by atoms with Gasteiger partial charge in [0.25, 0.3) is 11.8 Å². The summed E-state index contributed by atoms with van der Waals surface area (Å²) in [6.07, 6.45) is 3.66. The van der Waals surface area contributed by atoms with Crippen LogP contribution in [0.3, 0.4) is 0 Å². The molecule has 1 heterocycles. The van der Waals surface area contributed by atoms with Crippen LogP contribution in [0.2, 0.25) is 0 Å². The molecule has 0 saturated carbocycles. The van der Waals surface area contributed by atoms with Crippen LogP contribution in [0, 0.1) is 6.92 Å². The molecular formula is C24H29N3O3. The number of benzene rings is 2. The minimum Gasteiger partial charge on any atom is -0.378 e. The monoisotopic (exact) mass is 407 g/mol. The molecule has 0 aromatic heterocycles. The van der Waals surface area contributed by atoms with Gasteiger partial charge in [0.15, 0.2) is 0 Å². The second-order valence-electron chi connectivity index (χ2n) is 7.71. The smallest absolute Gasteiger partial charge is 0.267 e. The van der Waals surface area contributed by atoms with E-state index in [0.29, 0.717) is 12.1 Å². The van der Waals surface area contributed by atoms with Crippen molar-refractivity contribution in [1.82, 2.24) is 10.6 Å². The molecular weight excluding hydrogens is 378 g/mol. The second-order valence-corrected chi connectivity index (χ2v) is 7.71. The van der Waals surface area contributed by atoms with Crippen molar-refractivity contribution in [3.05, 3.63) is 70.9 Å². The Labute approximate surface area is 177 Å². The van der Waals surface area contributed by atoms with E-state index in [4.69, 9.17) is 4.74 Å². The molecule has 30 heavy (non-hydrogen) atoms. The predicted octanol–water partition coefficient (Wildman–Crippen LogP) is 3.13. The van der Waals surface area contributed by atoms with Crippen LogP contribution in [-0.4, -0.2) is 45.2 Å². The Morgan fingerprint density at radius 2 is 1.80 bits per heavy atom. The summed E-state index contributed by atoms with van der Waals surface area (Å²) in [6.45, 7) is 3.12. The van der Waals surface area contributed by atoms with Gasteiger partial charge in [-0.3, -0.25) is 9.59 Å². The molecule has 0 spiro atoms. The summed E-state index contributed by atoms with van der Waals surface area (Å²) >= 11 is 0. The van der Waals surface area contributed by atoms with Gasteiger partial charge in [-0.2, -0.15) is 0 Å². The normalized spacial score (nSPS) is 16.2. The number of carbonyl (C=O) groups excluding carboxylic acids is 2. The summed E-state index contributed by atoms with van der Waals surface area (Å²) < 4.78 is 5.57. The summed E-state index contributed by atoms with van der Waals surface area (Å²) in [6, 6.07) is 15.0. The maximum atomic E-state index is 12.8. The zero-order chi connectivity index (χ0) is 21.5. The first-order valence-corrected chi connectivity index (χ1v) is 10.2. The van der Waals surface area contributed by atoms with Crippen molar-refractivity contribution >= 4 is 23.6 Å². The van der Waals surface area contributed by atoms with Gasteiger partial charge in [0.1, 0.15) is 5.70 Å². The molecule has 6 nitrogen and oxygen atoms in total. The Kier molecular flexibility index (Phi) is 7.25. The fourth-order valence-electron chi connectivity index (χ4n) is 3.20. The van der Waals surface area contributed by atoms with Crippen molar-refractivity contribution < 1.29 is 14.3 Å². The molecule has 2 amide bonds. The molecule has 0 bridgehead atoms. The highest BCUT2D eigenvalue weighted by Crippen LogP contribution is 2.15. The van der Waals surface area contributed by atoms with E-state index in [1.165, 1.54) is 0 Å². The average molecular weight is 408 g/mol. The van der Waals surface area contributed by atoms with E-state index >= 15 is 0 Å². The number of anilines is 1. The highest BCUT2D eigenvalue weighted by Gasteiger charge is 2.19. The fraction of sp³-hybridized carbons (Fsp3) is 0.333. The van der Waals surface area contributed by atoms with Crippen LogP contribution in [0.1, 0.15) is 34.3 Å². The lowest BCUT2D eigenvalue weighted by Crippen LogP contribution is -2.38. The molecule has 1 fully saturated rings. The second kappa shape index (κ2) is 10.1. The lowest BCUT2D eigenvalue weighted by atomic mass is 10.1. The van der Waals surface area contributed by atoms with Crippen LogP contribution in [0.4, 0.5) is 5.69 Å². The van der Waals surface area contributed by atoms with Gasteiger partial charge in [0.2, 0.25) is 0 Å². The van der Waals surface area contributed by atoms with Gasteiger partial charge in [0.05, 0.1) is 6.10 Å². The van der Waals surface area contributed by atoms with Gasteiger partial charge < -0.3 is 20.3 Å². The van der Waals surface area contributed by atoms with Crippen molar-refractivity contribution in [3.8, 4) is 0 Å². The molecule has 1 atom stereocenters. The number of amides is 2. The van der Waals surface area contributed by atoms with Crippen LogP contribution in [0.25, 0.3) is 6.08 Å². The molecule has 6 heteroatoms. The average Bonchev–Trinajstić information content (AvgIpc) is 3.26. The fourth-order valence-corrected chi connectivity index (χ4v) is 3.20. The molecule has 1 aliphatic heterocycles. The van der Waals surface area contributed by atoms with Gasteiger partial charge in [-0.05, 0) is 55.7 Å².